The molecule has 5 nitrogen and oxygen atoms in total. The number of hydrogen-bond acceptors (Lipinski definition) is 4. The van der Waals surface area contributed by atoms with Crippen LogP contribution in [-0.2, 0) is 13.0 Å². The van der Waals surface area contributed by atoms with Gasteiger partial charge in [0.2, 0.25) is 0 Å². The minimum absolute atomic E-state index is 0.567. The minimum atomic E-state index is 0.567. The van der Waals surface area contributed by atoms with Crippen LogP contribution in [0.25, 0.3) is 5.69 Å². The number of H-pyrrole nitrogens is 1. The maximum atomic E-state index is 5.43. The standard InChI is InChI=1S/C18H20N4OS/c1-3-13-6-4-5-7-16(13)22-17(20-21-18(22)24)12-19-14-8-10-15(23-2)11-9-14/h4-11,19H,3,12H2,1-2H3,(H,21,24). The Balaban J connectivity index is 1.86. The van der Waals surface area contributed by atoms with E-state index >= 15 is 0 Å². The van der Waals surface area contributed by atoms with E-state index in [0.29, 0.717) is 11.3 Å². The molecule has 0 aliphatic carbocycles. The Morgan fingerprint density at radius 2 is 1.92 bits per heavy atom. The minimum Gasteiger partial charge on any atom is -0.497 e. The summed E-state index contributed by atoms with van der Waals surface area (Å²) >= 11 is 5.43. The number of benzene rings is 2. The Hall–Kier alpha value is -2.60. The lowest BCUT2D eigenvalue weighted by atomic mass is 10.1. The number of rotatable bonds is 6. The summed E-state index contributed by atoms with van der Waals surface area (Å²) in [5.41, 5.74) is 3.31. The van der Waals surface area contributed by atoms with E-state index in [9.17, 15) is 0 Å². The van der Waals surface area contributed by atoms with Crippen molar-refractivity contribution in [2.45, 2.75) is 19.9 Å². The third-order valence-electron chi connectivity index (χ3n) is 3.90. The van der Waals surface area contributed by atoms with E-state index in [1.165, 1.54) is 5.56 Å². The Kier molecular flexibility index (Phi) is 4.96. The second-order valence-electron chi connectivity index (χ2n) is 5.34. The first-order valence-electron chi connectivity index (χ1n) is 7.85. The monoisotopic (exact) mass is 340 g/mol. The molecular weight excluding hydrogens is 320 g/mol. The summed E-state index contributed by atoms with van der Waals surface area (Å²) in [6, 6.07) is 16.0. The molecular formula is C18H20N4OS. The first kappa shape index (κ1) is 16.3. The molecule has 0 bridgehead atoms. The Labute approximate surface area is 146 Å². The van der Waals surface area contributed by atoms with Gasteiger partial charge < -0.3 is 10.1 Å². The molecule has 0 fully saturated rings. The van der Waals surface area contributed by atoms with Gasteiger partial charge in [0.25, 0.3) is 0 Å². The highest BCUT2D eigenvalue weighted by Crippen LogP contribution is 2.19. The van der Waals surface area contributed by atoms with Crippen molar-refractivity contribution >= 4 is 17.9 Å². The van der Waals surface area contributed by atoms with Gasteiger partial charge in [-0.05, 0) is 54.5 Å². The molecule has 0 radical (unpaired) electrons. The van der Waals surface area contributed by atoms with E-state index in [0.717, 1.165) is 29.4 Å². The Bertz CT molecular complexity index is 867. The fourth-order valence-corrected chi connectivity index (χ4v) is 2.86. The summed E-state index contributed by atoms with van der Waals surface area (Å²) in [7, 11) is 1.66. The number of nitrogens with one attached hydrogen (secondary N) is 2. The smallest absolute Gasteiger partial charge is 0.199 e. The van der Waals surface area contributed by atoms with Crippen molar-refractivity contribution in [1.82, 2.24) is 14.8 Å². The number of aryl methyl sites for hydroxylation is 1. The van der Waals surface area contributed by atoms with E-state index in [-0.39, 0.29) is 0 Å². The molecule has 1 heterocycles. The first-order valence-corrected chi connectivity index (χ1v) is 8.26. The second kappa shape index (κ2) is 7.31. The third kappa shape index (κ3) is 3.33. The number of hydrogen-bond donors (Lipinski definition) is 2. The van der Waals surface area contributed by atoms with Crippen LogP contribution in [0.5, 0.6) is 5.75 Å². The van der Waals surface area contributed by atoms with Crippen molar-refractivity contribution < 1.29 is 4.74 Å². The summed E-state index contributed by atoms with van der Waals surface area (Å²) in [6.07, 6.45) is 0.939. The molecule has 0 saturated heterocycles. The quantitative estimate of drug-likeness (QED) is 0.663. The lowest BCUT2D eigenvalue weighted by Crippen LogP contribution is -2.09. The zero-order valence-electron chi connectivity index (χ0n) is 13.7. The number of para-hydroxylation sites is 1. The van der Waals surface area contributed by atoms with Crippen LogP contribution in [0.1, 0.15) is 18.3 Å². The molecule has 0 saturated carbocycles. The maximum Gasteiger partial charge on any atom is 0.199 e. The van der Waals surface area contributed by atoms with Crippen LogP contribution in [0.3, 0.4) is 0 Å². The summed E-state index contributed by atoms with van der Waals surface area (Å²) < 4.78 is 7.76. The molecule has 3 aromatic rings. The van der Waals surface area contributed by atoms with Gasteiger partial charge in [0.05, 0.1) is 19.3 Å². The molecule has 0 amide bonds. The van der Waals surface area contributed by atoms with Gasteiger partial charge in [-0.25, -0.2) is 0 Å². The molecule has 0 spiro atoms. The van der Waals surface area contributed by atoms with Gasteiger partial charge in [0, 0.05) is 5.69 Å². The van der Waals surface area contributed by atoms with Crippen LogP contribution in [-0.4, -0.2) is 21.9 Å². The fraction of sp³-hybridized carbons (Fsp3) is 0.222. The van der Waals surface area contributed by atoms with E-state index in [2.05, 4.69) is 34.6 Å². The van der Waals surface area contributed by atoms with E-state index < -0.39 is 0 Å². The highest BCUT2D eigenvalue weighted by Gasteiger charge is 2.11. The van der Waals surface area contributed by atoms with Gasteiger partial charge in [-0.2, -0.15) is 5.10 Å². The predicted molar refractivity (Wildman–Crippen MR) is 98.4 cm³/mol. The average molecular weight is 340 g/mol. The first-order chi connectivity index (χ1) is 11.7. The number of nitrogens with zero attached hydrogens (tertiary/aromatic N) is 2. The van der Waals surface area contributed by atoms with Crippen LogP contribution in [0, 0.1) is 4.77 Å². The molecule has 3 rings (SSSR count). The van der Waals surface area contributed by atoms with Gasteiger partial charge in [-0.15, -0.1) is 0 Å². The maximum absolute atomic E-state index is 5.43. The van der Waals surface area contributed by atoms with Gasteiger partial charge in [0.1, 0.15) is 5.75 Å². The molecule has 124 valence electrons. The third-order valence-corrected chi connectivity index (χ3v) is 4.17. The van der Waals surface area contributed by atoms with Crippen LogP contribution in [0.2, 0.25) is 0 Å². The zero-order chi connectivity index (χ0) is 16.9. The average Bonchev–Trinajstić information content (AvgIpc) is 3.00. The molecule has 0 atom stereocenters. The van der Waals surface area contributed by atoms with Crippen LogP contribution < -0.4 is 10.1 Å². The van der Waals surface area contributed by atoms with E-state index in [1.807, 2.05) is 41.0 Å². The highest BCUT2D eigenvalue weighted by atomic mass is 32.1. The molecule has 0 aliphatic rings. The van der Waals surface area contributed by atoms with Gasteiger partial charge in [-0.3, -0.25) is 9.67 Å². The second-order valence-corrected chi connectivity index (χ2v) is 5.73. The van der Waals surface area contributed by atoms with Crippen LogP contribution in [0.15, 0.2) is 48.5 Å². The number of anilines is 1. The molecule has 2 N–H and O–H groups in total. The normalized spacial score (nSPS) is 10.6. The Morgan fingerprint density at radius 3 is 2.62 bits per heavy atom. The van der Waals surface area contributed by atoms with Crippen molar-refractivity contribution in [2.75, 3.05) is 12.4 Å². The van der Waals surface area contributed by atoms with E-state index in [4.69, 9.17) is 17.0 Å². The largest absolute Gasteiger partial charge is 0.497 e. The highest BCUT2D eigenvalue weighted by molar-refractivity contribution is 7.71. The Morgan fingerprint density at radius 1 is 1.17 bits per heavy atom. The van der Waals surface area contributed by atoms with Gasteiger partial charge >= 0.3 is 0 Å². The van der Waals surface area contributed by atoms with Crippen molar-refractivity contribution in [3.8, 4) is 11.4 Å². The van der Waals surface area contributed by atoms with E-state index in [1.54, 1.807) is 7.11 Å². The summed E-state index contributed by atoms with van der Waals surface area (Å²) in [5, 5.41) is 10.6. The molecule has 6 heteroatoms. The van der Waals surface area contributed by atoms with Crippen molar-refractivity contribution in [1.29, 1.82) is 0 Å². The topological polar surface area (TPSA) is 54.9 Å². The predicted octanol–water partition coefficient (Wildman–Crippen LogP) is 4.11. The van der Waals surface area contributed by atoms with Crippen molar-refractivity contribution in [3.63, 3.8) is 0 Å². The lowest BCUT2D eigenvalue weighted by molar-refractivity contribution is 0.415. The zero-order valence-corrected chi connectivity index (χ0v) is 14.6. The van der Waals surface area contributed by atoms with Crippen molar-refractivity contribution in [3.05, 3.63) is 64.7 Å². The van der Waals surface area contributed by atoms with Crippen molar-refractivity contribution in [2.24, 2.45) is 0 Å². The fourth-order valence-electron chi connectivity index (χ4n) is 2.61. The molecule has 1 aromatic heterocycles. The van der Waals surface area contributed by atoms with Gasteiger partial charge in [0.15, 0.2) is 10.6 Å². The SMILES string of the molecule is CCc1ccccc1-n1c(CNc2ccc(OC)cc2)n[nH]c1=S. The summed E-state index contributed by atoms with van der Waals surface area (Å²) in [5.74, 6) is 1.68. The number of aromatic amines is 1. The molecule has 0 unspecified atom stereocenters. The molecule has 2 aromatic carbocycles. The summed E-state index contributed by atoms with van der Waals surface area (Å²) in [6.45, 7) is 2.70. The number of aromatic nitrogens is 3. The molecule has 0 aliphatic heterocycles. The summed E-state index contributed by atoms with van der Waals surface area (Å²) in [4.78, 5) is 0. The molecule has 24 heavy (non-hydrogen) atoms. The van der Waals surface area contributed by atoms with Crippen LogP contribution >= 0.6 is 12.2 Å². The lowest BCUT2D eigenvalue weighted by Gasteiger charge is -2.12. The number of ether oxygens (including phenoxy) is 1. The van der Waals surface area contributed by atoms with Crippen LogP contribution in [0.4, 0.5) is 5.69 Å². The number of methoxy groups -OCH3 is 1. The van der Waals surface area contributed by atoms with Gasteiger partial charge in [-0.1, -0.05) is 25.1 Å².